The van der Waals surface area contributed by atoms with Crippen molar-refractivity contribution in [1.29, 1.82) is 0 Å². The summed E-state index contributed by atoms with van der Waals surface area (Å²) in [5.74, 6) is -11.2. The van der Waals surface area contributed by atoms with Crippen LogP contribution >= 0.6 is 11.3 Å². The lowest BCUT2D eigenvalue weighted by Crippen LogP contribution is -2.19. The van der Waals surface area contributed by atoms with E-state index in [-0.39, 0.29) is 10.9 Å². The quantitative estimate of drug-likeness (QED) is 0.421. The highest BCUT2D eigenvalue weighted by Crippen LogP contribution is 2.36. The molecule has 7 nitrogen and oxygen atoms in total. The van der Waals surface area contributed by atoms with Crippen LogP contribution < -0.4 is 14.8 Å². The molecule has 2 aromatic carbocycles. The third-order valence-electron chi connectivity index (χ3n) is 3.93. The predicted molar refractivity (Wildman–Crippen MR) is 102 cm³/mol. The number of amides is 1. The van der Waals surface area contributed by atoms with Crippen molar-refractivity contribution in [3.63, 3.8) is 0 Å². The lowest BCUT2D eigenvalue weighted by atomic mass is 10.0. The van der Waals surface area contributed by atoms with Crippen LogP contribution in [0, 0.1) is 23.3 Å². The van der Waals surface area contributed by atoms with Gasteiger partial charge in [-0.2, -0.15) is 4.98 Å². The number of benzene rings is 2. The largest absolute Gasteiger partial charge is 0.497 e. The molecule has 31 heavy (non-hydrogen) atoms. The fraction of sp³-hybridized carbons (Fsp3) is 0.105. The Morgan fingerprint density at radius 1 is 1.13 bits per heavy atom. The SMILES string of the molecule is [2H]C([2H])([2H])Oc1cccc(-c2c(F)c(F)c(NC(=O)c3nc(OC)sc3C(=O)O)c(F)c2F)c1. The Morgan fingerprint density at radius 3 is 2.39 bits per heavy atom. The number of methoxy groups -OCH3 is 2. The highest BCUT2D eigenvalue weighted by Gasteiger charge is 2.30. The summed E-state index contributed by atoms with van der Waals surface area (Å²) in [5, 5.41) is 10.5. The third kappa shape index (κ3) is 4.01. The summed E-state index contributed by atoms with van der Waals surface area (Å²) in [6, 6.07) is 4.19. The number of anilines is 1. The van der Waals surface area contributed by atoms with Crippen LogP contribution in [0.15, 0.2) is 24.3 Å². The number of carbonyl (C=O) groups excluding carboxylic acids is 1. The van der Waals surface area contributed by atoms with Gasteiger partial charge >= 0.3 is 5.97 Å². The van der Waals surface area contributed by atoms with E-state index >= 15 is 0 Å². The minimum absolute atomic E-state index is 0.254. The maximum atomic E-state index is 14.8. The zero-order valence-electron chi connectivity index (χ0n) is 18.3. The number of aromatic carboxylic acids is 1. The zero-order chi connectivity index (χ0) is 25.4. The van der Waals surface area contributed by atoms with Crippen molar-refractivity contribution in [2.24, 2.45) is 0 Å². The van der Waals surface area contributed by atoms with Crippen LogP contribution in [0.4, 0.5) is 23.2 Å². The lowest BCUT2D eigenvalue weighted by Gasteiger charge is -2.13. The summed E-state index contributed by atoms with van der Waals surface area (Å²) < 4.78 is 89.5. The van der Waals surface area contributed by atoms with E-state index in [1.165, 1.54) is 0 Å². The molecule has 12 heteroatoms. The van der Waals surface area contributed by atoms with Crippen molar-refractivity contribution >= 4 is 28.9 Å². The van der Waals surface area contributed by atoms with Crippen LogP contribution in [-0.2, 0) is 0 Å². The molecule has 0 saturated carbocycles. The summed E-state index contributed by atoms with van der Waals surface area (Å²) >= 11 is 0.445. The van der Waals surface area contributed by atoms with Crippen molar-refractivity contribution in [1.82, 2.24) is 4.98 Å². The van der Waals surface area contributed by atoms with E-state index in [2.05, 4.69) is 9.72 Å². The first kappa shape index (κ1) is 18.1. The molecule has 1 amide bonds. The van der Waals surface area contributed by atoms with Crippen LogP contribution in [0.25, 0.3) is 11.1 Å². The standard InChI is InChI=1S/C19H12F4N2O5S/c1-29-8-5-3-4-7(6-8)9-10(20)12(22)14(13(23)11(9)21)24-17(26)15-16(18(27)28)31-19(25-15)30-2/h3-6H,1-2H3,(H,24,26)(H,27,28)/i1D3. The molecule has 0 atom stereocenters. The van der Waals surface area contributed by atoms with Gasteiger partial charge in [-0.3, -0.25) is 4.79 Å². The van der Waals surface area contributed by atoms with Gasteiger partial charge in [0, 0.05) is 0 Å². The van der Waals surface area contributed by atoms with E-state index in [0.717, 1.165) is 31.4 Å². The third-order valence-corrected chi connectivity index (χ3v) is 4.94. The Labute approximate surface area is 180 Å². The first-order valence-corrected chi connectivity index (χ1v) is 8.90. The van der Waals surface area contributed by atoms with E-state index in [1.807, 2.05) is 0 Å². The number of ether oxygens (including phenoxy) is 2. The Hall–Kier alpha value is -3.67. The van der Waals surface area contributed by atoms with Gasteiger partial charge in [0.1, 0.15) is 16.3 Å². The van der Waals surface area contributed by atoms with Gasteiger partial charge in [-0.25, -0.2) is 22.4 Å². The summed E-state index contributed by atoms with van der Waals surface area (Å²) in [6.45, 7) is 0. The molecule has 0 saturated heterocycles. The topological polar surface area (TPSA) is 97.8 Å². The minimum atomic E-state index is -2.90. The van der Waals surface area contributed by atoms with Crippen LogP contribution in [0.1, 0.15) is 24.3 Å². The molecule has 3 aromatic rings. The Kier molecular flexibility index (Phi) is 5.03. The summed E-state index contributed by atoms with van der Waals surface area (Å²) in [6.07, 6.45) is 0. The number of carboxylic acids is 1. The summed E-state index contributed by atoms with van der Waals surface area (Å²) in [5.41, 5.74) is -3.97. The number of carbonyl (C=O) groups is 2. The second kappa shape index (κ2) is 8.60. The molecule has 0 spiro atoms. The van der Waals surface area contributed by atoms with Gasteiger partial charge in [-0.1, -0.05) is 23.5 Å². The molecular formula is C19H12F4N2O5S. The summed E-state index contributed by atoms with van der Waals surface area (Å²) in [4.78, 5) is 26.6. The van der Waals surface area contributed by atoms with Gasteiger partial charge in [-0.05, 0) is 17.7 Å². The Morgan fingerprint density at radius 2 is 1.81 bits per heavy atom. The minimum Gasteiger partial charge on any atom is -0.497 e. The molecule has 0 radical (unpaired) electrons. The Bertz CT molecular complexity index is 1270. The molecule has 1 aromatic heterocycles. The number of aromatic nitrogens is 1. The number of nitrogens with one attached hydrogen (secondary N) is 1. The number of hydrogen-bond donors (Lipinski definition) is 2. The van der Waals surface area contributed by atoms with Crippen molar-refractivity contribution < 1.29 is 45.8 Å². The van der Waals surface area contributed by atoms with Crippen molar-refractivity contribution in [3.8, 4) is 22.1 Å². The molecule has 2 N–H and O–H groups in total. The molecule has 0 aliphatic heterocycles. The van der Waals surface area contributed by atoms with Gasteiger partial charge in [0.25, 0.3) is 11.1 Å². The van der Waals surface area contributed by atoms with E-state index < -0.39 is 69.6 Å². The maximum Gasteiger partial charge on any atom is 0.348 e. The van der Waals surface area contributed by atoms with E-state index in [1.54, 1.807) is 5.32 Å². The smallest absolute Gasteiger partial charge is 0.348 e. The predicted octanol–water partition coefficient (Wildman–Crippen LogP) is 4.33. The number of halogens is 4. The highest BCUT2D eigenvalue weighted by molar-refractivity contribution is 7.15. The van der Waals surface area contributed by atoms with E-state index in [9.17, 15) is 27.2 Å². The number of hydrogen-bond acceptors (Lipinski definition) is 6. The van der Waals surface area contributed by atoms with Crippen LogP contribution in [0.2, 0.25) is 0 Å². The van der Waals surface area contributed by atoms with Crippen molar-refractivity contribution in [2.75, 3.05) is 19.5 Å². The highest BCUT2D eigenvalue weighted by atomic mass is 32.1. The van der Waals surface area contributed by atoms with Gasteiger partial charge in [-0.15, -0.1) is 0 Å². The molecule has 0 aliphatic rings. The van der Waals surface area contributed by atoms with Gasteiger partial charge in [0.15, 0.2) is 29.0 Å². The molecule has 0 aliphatic carbocycles. The first-order chi connectivity index (χ1) is 15.8. The number of nitrogens with zero attached hydrogens (tertiary/aromatic N) is 1. The second-order valence-corrected chi connectivity index (χ2v) is 6.72. The van der Waals surface area contributed by atoms with Gasteiger partial charge in [0.2, 0.25) is 0 Å². The first-order valence-electron chi connectivity index (χ1n) is 9.59. The summed E-state index contributed by atoms with van der Waals surface area (Å²) in [7, 11) is -1.76. The molecule has 162 valence electrons. The van der Waals surface area contributed by atoms with Crippen molar-refractivity contribution in [3.05, 3.63) is 58.1 Å². The normalized spacial score (nSPS) is 12.5. The zero-order valence-corrected chi connectivity index (χ0v) is 16.1. The fourth-order valence-corrected chi connectivity index (χ4v) is 3.29. The lowest BCUT2D eigenvalue weighted by molar-refractivity contribution is 0.0697. The molecule has 3 rings (SSSR count). The average Bonchev–Trinajstić information content (AvgIpc) is 3.20. The maximum absolute atomic E-state index is 14.8. The number of carboxylic acid groups (broad SMARTS) is 1. The van der Waals surface area contributed by atoms with Crippen LogP contribution in [0.3, 0.4) is 0 Å². The van der Waals surface area contributed by atoms with Crippen LogP contribution in [-0.4, -0.2) is 36.1 Å². The molecular weight excluding hydrogens is 444 g/mol. The fourth-order valence-electron chi connectivity index (χ4n) is 2.57. The van der Waals surface area contributed by atoms with Crippen molar-refractivity contribution in [2.45, 2.75) is 0 Å². The molecule has 0 fully saturated rings. The van der Waals surface area contributed by atoms with Crippen LogP contribution in [0.5, 0.6) is 10.9 Å². The van der Waals surface area contributed by atoms with Gasteiger partial charge < -0.3 is 19.9 Å². The second-order valence-electron chi connectivity index (χ2n) is 5.76. The van der Waals surface area contributed by atoms with Gasteiger partial charge in [0.05, 0.1) is 23.8 Å². The monoisotopic (exact) mass is 459 g/mol. The number of thiazole rings is 1. The van der Waals surface area contributed by atoms with E-state index in [0.29, 0.717) is 11.3 Å². The number of rotatable bonds is 6. The molecule has 0 unspecified atom stereocenters. The van der Waals surface area contributed by atoms with E-state index in [4.69, 9.17) is 14.0 Å². The Balaban J connectivity index is 2.04. The average molecular weight is 459 g/mol. The molecule has 0 bridgehead atoms. The molecule has 1 heterocycles.